The maximum Gasteiger partial charge on any atom is 0.225 e. The van der Waals surface area contributed by atoms with Crippen molar-refractivity contribution in [1.82, 2.24) is 15.5 Å². The number of hydrogen-bond donors (Lipinski definition) is 2. The van der Waals surface area contributed by atoms with Gasteiger partial charge in [-0.3, -0.25) is 9.59 Å². The summed E-state index contributed by atoms with van der Waals surface area (Å²) in [6.45, 7) is 3.68. The third kappa shape index (κ3) is 4.39. The van der Waals surface area contributed by atoms with Gasteiger partial charge in [-0.1, -0.05) is 12.1 Å². The van der Waals surface area contributed by atoms with E-state index in [1.165, 1.54) is 0 Å². The molecule has 6 nitrogen and oxygen atoms in total. The second kappa shape index (κ2) is 8.35. The molecule has 2 aliphatic heterocycles. The lowest BCUT2D eigenvalue weighted by atomic mass is 10.0. The van der Waals surface area contributed by atoms with E-state index in [1.54, 1.807) is 12.0 Å². The van der Waals surface area contributed by atoms with E-state index in [1.807, 2.05) is 24.3 Å². The molecule has 0 spiro atoms. The number of benzene rings is 1. The van der Waals surface area contributed by atoms with Gasteiger partial charge in [0.1, 0.15) is 5.75 Å². The van der Waals surface area contributed by atoms with E-state index < -0.39 is 0 Å². The Kier molecular flexibility index (Phi) is 6.45. The summed E-state index contributed by atoms with van der Waals surface area (Å²) in [6.07, 6.45) is 0.310. The maximum atomic E-state index is 12.2. The van der Waals surface area contributed by atoms with E-state index in [0.29, 0.717) is 32.0 Å². The Morgan fingerprint density at radius 2 is 2.04 bits per heavy atom. The molecule has 2 N–H and O–H groups in total. The highest BCUT2D eigenvalue weighted by Crippen LogP contribution is 2.21. The highest BCUT2D eigenvalue weighted by molar-refractivity contribution is 5.89. The van der Waals surface area contributed by atoms with Gasteiger partial charge >= 0.3 is 0 Å². The van der Waals surface area contributed by atoms with Crippen LogP contribution in [-0.2, 0) is 16.1 Å². The quantitative estimate of drug-likeness (QED) is 0.793. The number of ether oxygens (including phenoxy) is 1. The number of methoxy groups -OCH3 is 1. The molecule has 7 heteroatoms. The lowest BCUT2D eigenvalue weighted by Crippen LogP contribution is -2.49. The van der Waals surface area contributed by atoms with Gasteiger partial charge in [-0.05, 0) is 17.7 Å². The first-order valence-corrected chi connectivity index (χ1v) is 8.05. The molecule has 0 saturated carbocycles. The topological polar surface area (TPSA) is 70.7 Å². The number of rotatable bonds is 6. The third-order valence-electron chi connectivity index (χ3n) is 4.55. The van der Waals surface area contributed by atoms with Crippen molar-refractivity contribution in [1.29, 1.82) is 0 Å². The smallest absolute Gasteiger partial charge is 0.225 e. The van der Waals surface area contributed by atoms with Crippen LogP contribution in [0, 0.1) is 11.8 Å². The predicted molar refractivity (Wildman–Crippen MR) is 93.1 cm³/mol. The van der Waals surface area contributed by atoms with Gasteiger partial charge < -0.3 is 20.3 Å². The summed E-state index contributed by atoms with van der Waals surface area (Å²) in [4.78, 5) is 26.1. The Morgan fingerprint density at radius 1 is 1.33 bits per heavy atom. The van der Waals surface area contributed by atoms with Gasteiger partial charge in [-0.15, -0.1) is 12.4 Å². The molecule has 0 bridgehead atoms. The molecule has 1 aromatic rings. The summed E-state index contributed by atoms with van der Waals surface area (Å²) < 4.78 is 5.13. The fourth-order valence-corrected chi connectivity index (χ4v) is 2.93. The molecule has 0 aromatic heterocycles. The standard InChI is InChI=1S/C17H23N3O3.ClH/c1-23-15-4-2-12(3-5-15)10-20-11-14(6-16(20)21)17(22)19-9-13-7-18-8-13;/h2-5,13-14,18H,6-11H2,1H3,(H,19,22);1H. The number of hydrogen-bond acceptors (Lipinski definition) is 4. The van der Waals surface area contributed by atoms with Gasteiger partial charge in [0.05, 0.1) is 13.0 Å². The lowest BCUT2D eigenvalue weighted by Gasteiger charge is -2.27. The third-order valence-corrected chi connectivity index (χ3v) is 4.55. The van der Waals surface area contributed by atoms with Gasteiger partial charge in [-0.25, -0.2) is 0 Å². The van der Waals surface area contributed by atoms with E-state index >= 15 is 0 Å². The molecule has 132 valence electrons. The van der Waals surface area contributed by atoms with Crippen LogP contribution < -0.4 is 15.4 Å². The second-order valence-electron chi connectivity index (χ2n) is 6.29. The summed E-state index contributed by atoms with van der Waals surface area (Å²) >= 11 is 0. The molecule has 3 rings (SSSR count). The number of halogens is 1. The monoisotopic (exact) mass is 353 g/mol. The molecule has 2 fully saturated rings. The Morgan fingerprint density at radius 3 is 2.62 bits per heavy atom. The summed E-state index contributed by atoms with van der Waals surface area (Å²) in [5, 5.41) is 6.15. The van der Waals surface area contributed by atoms with Crippen molar-refractivity contribution in [3.63, 3.8) is 0 Å². The highest BCUT2D eigenvalue weighted by Gasteiger charge is 2.34. The van der Waals surface area contributed by atoms with Crippen molar-refractivity contribution < 1.29 is 14.3 Å². The largest absolute Gasteiger partial charge is 0.497 e. The minimum atomic E-state index is -0.228. The lowest BCUT2D eigenvalue weighted by molar-refractivity contribution is -0.129. The van der Waals surface area contributed by atoms with Gasteiger partial charge in [0.25, 0.3) is 0 Å². The van der Waals surface area contributed by atoms with Gasteiger partial charge in [-0.2, -0.15) is 0 Å². The van der Waals surface area contributed by atoms with E-state index in [-0.39, 0.29) is 30.1 Å². The molecule has 2 amide bonds. The molecule has 1 atom stereocenters. The molecule has 2 saturated heterocycles. The summed E-state index contributed by atoms with van der Waals surface area (Å²) in [5.74, 6) is 1.15. The summed E-state index contributed by atoms with van der Waals surface area (Å²) in [6, 6.07) is 7.66. The highest BCUT2D eigenvalue weighted by atomic mass is 35.5. The second-order valence-corrected chi connectivity index (χ2v) is 6.29. The Labute approximate surface area is 148 Å². The van der Waals surface area contributed by atoms with Crippen LogP contribution in [0.3, 0.4) is 0 Å². The van der Waals surface area contributed by atoms with Crippen LogP contribution in [0.5, 0.6) is 5.75 Å². The van der Waals surface area contributed by atoms with E-state index in [0.717, 1.165) is 24.4 Å². The molecular weight excluding hydrogens is 330 g/mol. The van der Waals surface area contributed by atoms with Crippen molar-refractivity contribution in [2.75, 3.05) is 33.3 Å². The van der Waals surface area contributed by atoms with Crippen molar-refractivity contribution in [2.24, 2.45) is 11.8 Å². The number of nitrogens with zero attached hydrogens (tertiary/aromatic N) is 1. The van der Waals surface area contributed by atoms with Gasteiger partial charge in [0.15, 0.2) is 0 Å². The number of nitrogens with one attached hydrogen (secondary N) is 2. The molecule has 1 aromatic carbocycles. The zero-order valence-electron chi connectivity index (χ0n) is 13.8. The van der Waals surface area contributed by atoms with Gasteiger partial charge in [0, 0.05) is 45.1 Å². The number of carbonyl (C=O) groups excluding carboxylic acids is 2. The molecule has 2 aliphatic rings. The van der Waals surface area contributed by atoms with Crippen LogP contribution in [0.25, 0.3) is 0 Å². The first kappa shape index (κ1) is 18.5. The van der Waals surface area contributed by atoms with Crippen molar-refractivity contribution in [3.05, 3.63) is 29.8 Å². The van der Waals surface area contributed by atoms with E-state index in [4.69, 9.17) is 4.74 Å². The number of likely N-dealkylation sites (tertiary alicyclic amines) is 1. The Balaban J connectivity index is 0.00000208. The molecule has 0 radical (unpaired) electrons. The van der Waals surface area contributed by atoms with Crippen LogP contribution in [0.1, 0.15) is 12.0 Å². The molecule has 24 heavy (non-hydrogen) atoms. The zero-order chi connectivity index (χ0) is 16.2. The maximum absolute atomic E-state index is 12.2. The first-order chi connectivity index (χ1) is 11.2. The van der Waals surface area contributed by atoms with Crippen LogP contribution in [0.15, 0.2) is 24.3 Å². The van der Waals surface area contributed by atoms with E-state index in [2.05, 4.69) is 10.6 Å². The molecule has 2 heterocycles. The fourth-order valence-electron chi connectivity index (χ4n) is 2.93. The summed E-state index contributed by atoms with van der Waals surface area (Å²) in [7, 11) is 1.63. The minimum Gasteiger partial charge on any atom is -0.497 e. The van der Waals surface area contributed by atoms with Crippen molar-refractivity contribution in [3.8, 4) is 5.75 Å². The minimum absolute atomic E-state index is 0. The van der Waals surface area contributed by atoms with Crippen molar-refractivity contribution in [2.45, 2.75) is 13.0 Å². The Bertz CT molecular complexity index is 575. The van der Waals surface area contributed by atoms with E-state index in [9.17, 15) is 9.59 Å². The van der Waals surface area contributed by atoms with Crippen LogP contribution in [-0.4, -0.2) is 50.0 Å². The fraction of sp³-hybridized carbons (Fsp3) is 0.529. The zero-order valence-corrected chi connectivity index (χ0v) is 14.6. The predicted octanol–water partition coefficient (Wildman–Crippen LogP) is 0.801. The molecule has 1 unspecified atom stereocenters. The van der Waals surface area contributed by atoms with Crippen molar-refractivity contribution >= 4 is 24.2 Å². The van der Waals surface area contributed by atoms with Crippen LogP contribution >= 0.6 is 12.4 Å². The first-order valence-electron chi connectivity index (χ1n) is 8.05. The normalized spacial score (nSPS) is 20.3. The molecule has 0 aliphatic carbocycles. The average molecular weight is 354 g/mol. The van der Waals surface area contributed by atoms with Gasteiger partial charge in [0.2, 0.25) is 11.8 Å². The summed E-state index contributed by atoms with van der Waals surface area (Å²) in [5.41, 5.74) is 1.04. The SMILES string of the molecule is COc1ccc(CN2CC(C(=O)NCC3CNC3)CC2=O)cc1.Cl. The number of carbonyl (C=O) groups is 2. The Hall–Kier alpha value is -1.79. The van der Waals surface area contributed by atoms with Crippen LogP contribution in [0.2, 0.25) is 0 Å². The number of amides is 2. The molecular formula is C17H24ClN3O3. The van der Waals surface area contributed by atoms with Crippen LogP contribution in [0.4, 0.5) is 0 Å². The average Bonchev–Trinajstić information content (AvgIpc) is 2.87.